The number of carboxylic acids is 1. The Bertz CT molecular complexity index is 861. The number of hydrogen-bond donors (Lipinski definition) is 3. The van der Waals surface area contributed by atoms with Crippen LogP contribution >= 0.6 is 0 Å². The zero-order chi connectivity index (χ0) is 26.1. The summed E-state index contributed by atoms with van der Waals surface area (Å²) in [5, 5.41) is 15.7. The fourth-order valence-corrected chi connectivity index (χ4v) is 5.13. The van der Waals surface area contributed by atoms with Gasteiger partial charge in [0.2, 0.25) is 0 Å². The van der Waals surface area contributed by atoms with Gasteiger partial charge in [-0.2, -0.15) is 0 Å². The highest BCUT2D eigenvalue weighted by Gasteiger charge is 2.37. The molecule has 1 aromatic heterocycles. The molecule has 0 bridgehead atoms. The highest BCUT2D eigenvalue weighted by molar-refractivity contribution is 5.83. The fraction of sp³-hybridized carbons (Fsp3) is 0.731. The number of carbonyl (C=O) groups excluding carboxylic acids is 1. The van der Waals surface area contributed by atoms with Crippen LogP contribution in [0.1, 0.15) is 57.2 Å². The number of ether oxygens (including phenoxy) is 1. The number of aryl methyl sites for hydroxylation is 2. The van der Waals surface area contributed by atoms with Crippen molar-refractivity contribution in [2.75, 3.05) is 45.3 Å². The van der Waals surface area contributed by atoms with Crippen LogP contribution < -0.4 is 10.6 Å². The molecule has 0 aliphatic carbocycles. The molecule has 2 amide bonds. The Labute approximate surface area is 213 Å². The quantitative estimate of drug-likeness (QED) is 0.332. The van der Waals surface area contributed by atoms with E-state index in [9.17, 15) is 19.1 Å². The van der Waals surface area contributed by atoms with Gasteiger partial charge in [-0.1, -0.05) is 6.07 Å². The van der Waals surface area contributed by atoms with Crippen LogP contribution in [-0.4, -0.2) is 96.1 Å². The maximum atomic E-state index is 13.4. The molecule has 0 saturated carbocycles. The maximum absolute atomic E-state index is 13.4. The maximum Gasteiger partial charge on any atom is 0.326 e. The number of likely N-dealkylation sites (tertiary alicyclic amines) is 1. The molecule has 1 fully saturated rings. The molecule has 0 radical (unpaired) electrons. The summed E-state index contributed by atoms with van der Waals surface area (Å²) in [4.78, 5) is 32.9. The second kappa shape index (κ2) is 13.7. The number of methoxy groups -OCH3 is 1. The molecule has 2 aliphatic rings. The van der Waals surface area contributed by atoms with Crippen LogP contribution in [0.5, 0.6) is 0 Å². The molecule has 0 aromatic carbocycles. The Kier molecular flexibility index (Phi) is 10.7. The number of nitrogens with one attached hydrogen (secondary N) is 2. The molecule has 2 aliphatic heterocycles. The number of hydrogen-bond acceptors (Lipinski definition) is 6. The van der Waals surface area contributed by atoms with Crippen molar-refractivity contribution in [2.45, 2.75) is 83.0 Å². The zero-order valence-corrected chi connectivity index (χ0v) is 21.8. The minimum absolute atomic E-state index is 0.110. The molecular formula is C26H42FN5O4. The van der Waals surface area contributed by atoms with Gasteiger partial charge in [-0.15, -0.1) is 0 Å². The van der Waals surface area contributed by atoms with Crippen molar-refractivity contribution in [2.24, 2.45) is 0 Å². The molecule has 1 saturated heterocycles. The Morgan fingerprint density at radius 2 is 2.08 bits per heavy atom. The lowest BCUT2D eigenvalue weighted by atomic mass is 9.96. The van der Waals surface area contributed by atoms with Crippen molar-refractivity contribution in [3.8, 4) is 0 Å². The summed E-state index contributed by atoms with van der Waals surface area (Å²) < 4.78 is 18.6. The van der Waals surface area contributed by atoms with Crippen molar-refractivity contribution in [3.05, 3.63) is 23.4 Å². The Balaban J connectivity index is 1.50. The van der Waals surface area contributed by atoms with E-state index in [2.05, 4.69) is 22.8 Å². The van der Waals surface area contributed by atoms with Gasteiger partial charge >= 0.3 is 12.0 Å². The molecule has 3 heterocycles. The molecule has 9 nitrogen and oxygen atoms in total. The largest absolute Gasteiger partial charge is 0.480 e. The van der Waals surface area contributed by atoms with Crippen molar-refractivity contribution in [1.82, 2.24) is 20.1 Å². The highest BCUT2D eigenvalue weighted by atomic mass is 19.1. The van der Waals surface area contributed by atoms with E-state index in [1.807, 2.05) is 18.7 Å². The number of unbranched alkanes of at least 4 members (excludes halogenated alkanes) is 1. The SMILES string of the molecule is CO[C@H](CF)CN(CCCCc1ccc2c(n1)NCCC2)CC[C@H](NC(=O)N1[C@H](C)C[C@H]1C)C(=O)O. The lowest BCUT2D eigenvalue weighted by molar-refractivity contribution is -0.139. The number of amides is 2. The van der Waals surface area contributed by atoms with E-state index < -0.39 is 24.8 Å². The standard InChI is InChI=1S/C26H42FN5O4/c1-18-15-19(2)32(18)26(35)30-23(25(33)34)11-14-31(17-22(16-27)36-3)13-5-4-8-21-10-9-20-7-6-12-28-24(20)29-21/h9-10,18-19,22-23H,4-8,11-17H2,1-3H3,(H,28,29)(H,30,35)(H,33,34)/t18-,19-,22-,23+/m1/s1. The smallest absolute Gasteiger partial charge is 0.326 e. The number of carboxylic acid groups (broad SMARTS) is 1. The normalized spacial score (nSPS) is 20.8. The van der Waals surface area contributed by atoms with E-state index in [1.165, 1.54) is 12.7 Å². The van der Waals surface area contributed by atoms with Crippen LogP contribution in [-0.2, 0) is 22.4 Å². The minimum atomic E-state index is -1.06. The number of halogens is 1. The average Bonchev–Trinajstić information content (AvgIpc) is 2.86. The zero-order valence-electron chi connectivity index (χ0n) is 21.8. The molecule has 3 N–H and O–H groups in total. The number of nitrogens with zero attached hydrogens (tertiary/aromatic N) is 3. The highest BCUT2D eigenvalue weighted by Crippen LogP contribution is 2.25. The Hall–Kier alpha value is -2.46. The number of anilines is 1. The van der Waals surface area contributed by atoms with E-state index in [-0.39, 0.29) is 24.5 Å². The Morgan fingerprint density at radius 1 is 1.31 bits per heavy atom. The third-order valence-electron chi connectivity index (χ3n) is 7.27. The molecule has 36 heavy (non-hydrogen) atoms. The van der Waals surface area contributed by atoms with Crippen LogP contribution in [0.4, 0.5) is 15.0 Å². The number of fused-ring (bicyclic) bond motifs is 1. The van der Waals surface area contributed by atoms with Gasteiger partial charge in [0.15, 0.2) is 0 Å². The van der Waals surface area contributed by atoms with Gasteiger partial charge in [-0.25, -0.2) is 19.0 Å². The van der Waals surface area contributed by atoms with Gasteiger partial charge in [-0.05, 0) is 77.0 Å². The summed E-state index contributed by atoms with van der Waals surface area (Å²) in [7, 11) is 1.48. The van der Waals surface area contributed by atoms with Crippen LogP contribution in [0.2, 0.25) is 0 Å². The molecule has 3 rings (SSSR count). The van der Waals surface area contributed by atoms with E-state index >= 15 is 0 Å². The van der Waals surface area contributed by atoms with Crippen molar-refractivity contribution >= 4 is 17.8 Å². The number of alkyl halides is 1. The number of aliphatic carboxylic acids is 1. The lowest BCUT2D eigenvalue weighted by Gasteiger charge is -2.45. The first kappa shape index (κ1) is 28.1. The molecule has 0 spiro atoms. The topological polar surface area (TPSA) is 107 Å². The number of urea groups is 1. The van der Waals surface area contributed by atoms with Crippen molar-refractivity contribution in [1.29, 1.82) is 0 Å². The average molecular weight is 508 g/mol. The first-order valence-corrected chi connectivity index (χ1v) is 13.2. The predicted octanol–water partition coefficient (Wildman–Crippen LogP) is 3.08. The Morgan fingerprint density at radius 3 is 2.75 bits per heavy atom. The second-order valence-electron chi connectivity index (χ2n) is 10.1. The number of rotatable bonds is 14. The third-order valence-corrected chi connectivity index (χ3v) is 7.27. The summed E-state index contributed by atoms with van der Waals surface area (Å²) >= 11 is 0. The number of carbonyl (C=O) groups is 2. The summed E-state index contributed by atoms with van der Waals surface area (Å²) in [6.45, 7) is 5.73. The van der Waals surface area contributed by atoms with Gasteiger partial charge in [0.05, 0.1) is 6.10 Å². The van der Waals surface area contributed by atoms with Gasteiger partial charge in [0.1, 0.15) is 18.5 Å². The first-order valence-electron chi connectivity index (χ1n) is 13.2. The van der Waals surface area contributed by atoms with E-state index in [1.54, 1.807) is 4.90 Å². The third kappa shape index (κ3) is 7.77. The summed E-state index contributed by atoms with van der Waals surface area (Å²) in [6, 6.07) is 3.12. The molecule has 1 aromatic rings. The number of pyridine rings is 1. The van der Waals surface area contributed by atoms with E-state index in [4.69, 9.17) is 9.72 Å². The lowest BCUT2D eigenvalue weighted by Crippen LogP contribution is -2.61. The summed E-state index contributed by atoms with van der Waals surface area (Å²) in [6.07, 6.45) is 5.40. The molecule has 0 unspecified atom stereocenters. The predicted molar refractivity (Wildman–Crippen MR) is 137 cm³/mol. The fourth-order valence-electron chi connectivity index (χ4n) is 5.13. The molecule has 202 valence electrons. The number of aromatic nitrogens is 1. The van der Waals surface area contributed by atoms with Crippen LogP contribution in [0.3, 0.4) is 0 Å². The molecule has 10 heteroatoms. The second-order valence-corrected chi connectivity index (χ2v) is 10.1. The van der Waals surface area contributed by atoms with Gasteiger partial charge in [0.25, 0.3) is 0 Å². The van der Waals surface area contributed by atoms with E-state index in [0.717, 1.165) is 56.6 Å². The van der Waals surface area contributed by atoms with Crippen molar-refractivity contribution in [3.63, 3.8) is 0 Å². The van der Waals surface area contributed by atoms with Crippen LogP contribution in [0, 0.1) is 0 Å². The summed E-state index contributed by atoms with van der Waals surface area (Å²) in [5.74, 6) is -0.0694. The molecular weight excluding hydrogens is 465 g/mol. The molecule has 4 atom stereocenters. The minimum Gasteiger partial charge on any atom is -0.480 e. The van der Waals surface area contributed by atoms with Crippen molar-refractivity contribution < 1.29 is 23.8 Å². The summed E-state index contributed by atoms with van der Waals surface area (Å²) in [5.41, 5.74) is 2.32. The van der Waals surface area contributed by atoms with Crippen LogP contribution in [0.15, 0.2) is 12.1 Å². The van der Waals surface area contributed by atoms with Gasteiger partial charge in [-0.3, -0.25) is 0 Å². The van der Waals surface area contributed by atoms with Gasteiger partial charge < -0.3 is 30.3 Å². The van der Waals surface area contributed by atoms with Crippen LogP contribution in [0.25, 0.3) is 0 Å². The first-order chi connectivity index (χ1) is 17.3. The van der Waals surface area contributed by atoms with E-state index in [0.29, 0.717) is 19.6 Å². The van der Waals surface area contributed by atoms with Gasteiger partial charge in [0, 0.05) is 44.5 Å². The monoisotopic (exact) mass is 507 g/mol.